The van der Waals surface area contributed by atoms with E-state index in [-0.39, 0.29) is 19.3 Å². The van der Waals surface area contributed by atoms with Gasteiger partial charge in [0.05, 0.1) is 23.3 Å². The van der Waals surface area contributed by atoms with Crippen molar-refractivity contribution in [2.75, 3.05) is 27.1 Å². The molecule has 0 spiro atoms. The molecule has 0 aliphatic carbocycles. The van der Waals surface area contributed by atoms with Gasteiger partial charge < -0.3 is 18.9 Å². The van der Waals surface area contributed by atoms with Gasteiger partial charge in [0.15, 0.2) is 0 Å². The van der Waals surface area contributed by atoms with Gasteiger partial charge in [0.25, 0.3) is 0 Å². The summed E-state index contributed by atoms with van der Waals surface area (Å²) >= 11 is 0. The van der Waals surface area contributed by atoms with E-state index in [1.165, 1.54) is 7.11 Å². The second-order valence-corrected chi connectivity index (χ2v) is 6.68. The fourth-order valence-electron chi connectivity index (χ4n) is 3.18. The molecule has 0 amide bonds. The molecule has 0 aliphatic rings. The van der Waals surface area contributed by atoms with Crippen LogP contribution in [0.15, 0.2) is 24.3 Å². The Morgan fingerprint density at radius 2 is 1.93 bits per heavy atom. The Kier molecular flexibility index (Phi) is 6.87. The number of hydrogen-bond donors (Lipinski definition) is 0. The number of carbonyl (C=O) groups excluding carboxylic acids is 1. The molecule has 3 rings (SSSR count). The predicted octanol–water partition coefficient (Wildman–Crippen LogP) is 4.09. The molecule has 1 aromatic carbocycles. The normalized spacial score (nSPS) is 12.3. The maximum atomic E-state index is 11.7. The SMILES string of the molecule is CCc1c(C(C)CC)nc2nc3ccccc3n2c1OCOC(=O)OCCOC. The van der Waals surface area contributed by atoms with Gasteiger partial charge in [-0.1, -0.05) is 32.9 Å². The number of para-hydroxylation sites is 2. The minimum absolute atomic E-state index is 0.124. The number of aromatic nitrogens is 3. The second-order valence-electron chi connectivity index (χ2n) is 6.68. The molecule has 156 valence electrons. The van der Waals surface area contributed by atoms with Gasteiger partial charge in [-0.2, -0.15) is 0 Å². The minimum atomic E-state index is -0.803. The van der Waals surface area contributed by atoms with E-state index >= 15 is 0 Å². The van der Waals surface area contributed by atoms with Crippen LogP contribution in [0.4, 0.5) is 4.79 Å². The standard InChI is InChI=1S/C21H27N3O5/c1-5-14(3)18-15(6-2)19(28-13-29-21(25)27-12-11-26-4)24-17-10-8-7-9-16(17)22-20(24)23-18/h7-10,14H,5-6,11-13H2,1-4H3. The summed E-state index contributed by atoms with van der Waals surface area (Å²) in [5.74, 6) is 1.40. The summed E-state index contributed by atoms with van der Waals surface area (Å²) in [5, 5.41) is 0. The molecule has 3 aromatic rings. The first-order valence-corrected chi connectivity index (χ1v) is 9.81. The van der Waals surface area contributed by atoms with Crippen LogP contribution in [0.1, 0.15) is 44.4 Å². The van der Waals surface area contributed by atoms with E-state index in [0.717, 1.165) is 35.1 Å². The zero-order valence-electron chi connectivity index (χ0n) is 17.3. The van der Waals surface area contributed by atoms with Crippen molar-refractivity contribution in [2.24, 2.45) is 0 Å². The van der Waals surface area contributed by atoms with Crippen LogP contribution < -0.4 is 4.74 Å². The van der Waals surface area contributed by atoms with Gasteiger partial charge in [-0.15, -0.1) is 0 Å². The van der Waals surface area contributed by atoms with Gasteiger partial charge in [-0.25, -0.2) is 19.2 Å². The molecular weight excluding hydrogens is 374 g/mol. The quantitative estimate of drug-likeness (QED) is 0.303. The van der Waals surface area contributed by atoms with Crippen molar-refractivity contribution in [3.8, 4) is 5.88 Å². The number of ether oxygens (including phenoxy) is 4. The molecule has 0 saturated carbocycles. The topological polar surface area (TPSA) is 84.2 Å². The monoisotopic (exact) mass is 401 g/mol. The molecule has 0 aliphatic heterocycles. The van der Waals surface area contributed by atoms with Crippen molar-refractivity contribution in [3.63, 3.8) is 0 Å². The average molecular weight is 401 g/mol. The van der Waals surface area contributed by atoms with Crippen molar-refractivity contribution in [3.05, 3.63) is 35.5 Å². The van der Waals surface area contributed by atoms with Crippen LogP contribution in [0.5, 0.6) is 5.88 Å². The summed E-state index contributed by atoms with van der Waals surface area (Å²) < 4.78 is 22.6. The lowest BCUT2D eigenvalue weighted by Gasteiger charge is -2.19. The molecule has 2 aromatic heterocycles. The molecule has 8 heteroatoms. The third-order valence-corrected chi connectivity index (χ3v) is 4.85. The zero-order valence-corrected chi connectivity index (χ0v) is 17.3. The molecule has 29 heavy (non-hydrogen) atoms. The Hall–Kier alpha value is -2.87. The summed E-state index contributed by atoms with van der Waals surface area (Å²) in [6.07, 6.45) is 0.865. The Balaban J connectivity index is 1.97. The van der Waals surface area contributed by atoms with Gasteiger partial charge in [0.2, 0.25) is 18.5 Å². The van der Waals surface area contributed by atoms with Crippen molar-refractivity contribution >= 4 is 23.0 Å². The number of carbonyl (C=O) groups is 1. The maximum Gasteiger partial charge on any atom is 0.511 e. The number of rotatable bonds is 9. The highest BCUT2D eigenvalue weighted by molar-refractivity contribution is 5.80. The van der Waals surface area contributed by atoms with E-state index in [1.54, 1.807) is 0 Å². The molecule has 0 N–H and O–H groups in total. The number of imidazole rings is 1. The van der Waals surface area contributed by atoms with Gasteiger partial charge in [-0.3, -0.25) is 0 Å². The lowest BCUT2D eigenvalue weighted by molar-refractivity contribution is -0.00596. The molecule has 0 fully saturated rings. The second kappa shape index (κ2) is 9.56. The zero-order chi connectivity index (χ0) is 20.8. The van der Waals surface area contributed by atoms with Crippen molar-refractivity contribution in [2.45, 2.75) is 39.5 Å². The highest BCUT2D eigenvalue weighted by Gasteiger charge is 2.22. The van der Waals surface area contributed by atoms with Crippen LogP contribution in [0.3, 0.4) is 0 Å². The van der Waals surface area contributed by atoms with Gasteiger partial charge >= 0.3 is 6.16 Å². The number of benzene rings is 1. The number of methoxy groups -OCH3 is 1. The minimum Gasteiger partial charge on any atom is -0.441 e. The summed E-state index contributed by atoms with van der Waals surface area (Å²) in [5.41, 5.74) is 3.65. The molecular formula is C21H27N3O5. The van der Waals surface area contributed by atoms with E-state index in [2.05, 4.69) is 25.8 Å². The molecule has 0 bridgehead atoms. The van der Waals surface area contributed by atoms with Crippen molar-refractivity contribution in [1.29, 1.82) is 0 Å². The number of fused-ring (bicyclic) bond motifs is 3. The van der Waals surface area contributed by atoms with Crippen LogP contribution in [0.25, 0.3) is 16.8 Å². The molecule has 1 unspecified atom stereocenters. The smallest absolute Gasteiger partial charge is 0.441 e. The van der Waals surface area contributed by atoms with E-state index in [0.29, 0.717) is 18.3 Å². The van der Waals surface area contributed by atoms with Crippen LogP contribution in [-0.2, 0) is 20.6 Å². The molecule has 0 saturated heterocycles. The highest BCUT2D eigenvalue weighted by atomic mass is 16.8. The first-order chi connectivity index (χ1) is 14.1. The average Bonchev–Trinajstić information content (AvgIpc) is 3.11. The molecule has 2 heterocycles. The van der Waals surface area contributed by atoms with Gasteiger partial charge in [0, 0.05) is 12.7 Å². The van der Waals surface area contributed by atoms with Crippen LogP contribution in [0, 0.1) is 0 Å². The summed E-state index contributed by atoms with van der Waals surface area (Å²) in [6, 6.07) is 7.78. The number of hydrogen-bond acceptors (Lipinski definition) is 7. The van der Waals surface area contributed by atoms with Crippen LogP contribution >= 0.6 is 0 Å². The Morgan fingerprint density at radius 3 is 2.66 bits per heavy atom. The lowest BCUT2D eigenvalue weighted by Crippen LogP contribution is -2.17. The molecule has 0 radical (unpaired) electrons. The van der Waals surface area contributed by atoms with E-state index < -0.39 is 6.16 Å². The van der Waals surface area contributed by atoms with Crippen LogP contribution in [0.2, 0.25) is 0 Å². The third kappa shape index (κ3) is 4.42. The molecule has 8 nitrogen and oxygen atoms in total. The maximum absolute atomic E-state index is 11.7. The van der Waals surface area contributed by atoms with Crippen molar-refractivity contribution in [1.82, 2.24) is 14.4 Å². The lowest BCUT2D eigenvalue weighted by atomic mass is 9.99. The van der Waals surface area contributed by atoms with E-state index in [1.807, 2.05) is 28.7 Å². The van der Waals surface area contributed by atoms with E-state index in [9.17, 15) is 4.79 Å². The fourth-order valence-corrected chi connectivity index (χ4v) is 3.18. The summed E-state index contributed by atoms with van der Waals surface area (Å²) in [4.78, 5) is 21.2. The van der Waals surface area contributed by atoms with Crippen molar-refractivity contribution < 1.29 is 23.7 Å². The van der Waals surface area contributed by atoms with Gasteiger partial charge in [0.1, 0.15) is 6.61 Å². The Bertz CT molecular complexity index is 985. The largest absolute Gasteiger partial charge is 0.511 e. The van der Waals surface area contributed by atoms with Gasteiger partial charge in [-0.05, 0) is 30.9 Å². The predicted molar refractivity (Wildman–Crippen MR) is 108 cm³/mol. The number of nitrogens with zero attached hydrogens (tertiary/aromatic N) is 3. The summed E-state index contributed by atoms with van der Waals surface area (Å²) in [6.45, 7) is 6.47. The Labute approximate surface area is 169 Å². The van der Waals surface area contributed by atoms with Crippen LogP contribution in [-0.4, -0.2) is 47.6 Å². The molecule has 1 atom stereocenters. The fraction of sp³-hybridized carbons (Fsp3) is 0.476. The Morgan fingerprint density at radius 1 is 1.14 bits per heavy atom. The van der Waals surface area contributed by atoms with E-state index in [4.69, 9.17) is 23.9 Å². The first-order valence-electron chi connectivity index (χ1n) is 9.81. The first kappa shape index (κ1) is 20.9. The third-order valence-electron chi connectivity index (χ3n) is 4.85. The summed E-state index contributed by atoms with van der Waals surface area (Å²) in [7, 11) is 1.53. The highest BCUT2D eigenvalue weighted by Crippen LogP contribution is 2.32.